The van der Waals surface area contributed by atoms with E-state index in [0.29, 0.717) is 0 Å². The van der Waals surface area contributed by atoms with Crippen LogP contribution in [0.3, 0.4) is 0 Å². The summed E-state index contributed by atoms with van der Waals surface area (Å²) in [5.41, 5.74) is 2.24. The summed E-state index contributed by atoms with van der Waals surface area (Å²) in [6.45, 7) is 2.16. The van der Waals surface area contributed by atoms with Crippen LogP contribution < -0.4 is 0 Å². The average molecular weight is 219 g/mol. The average Bonchev–Trinajstić information content (AvgIpc) is 2.34. The van der Waals surface area contributed by atoms with Gasteiger partial charge in [-0.1, -0.05) is 63.3 Å². The molecule has 1 heteroatoms. The molecule has 0 aromatic heterocycles. The first-order chi connectivity index (χ1) is 7.88. The second-order valence-electron chi connectivity index (χ2n) is 4.43. The van der Waals surface area contributed by atoms with Gasteiger partial charge in [-0.15, -0.1) is 0 Å². The fourth-order valence-electron chi connectivity index (χ4n) is 2.04. The Morgan fingerprint density at radius 1 is 0.875 bits per heavy atom. The molecule has 0 aliphatic heterocycles. The Hall–Kier alpha value is -0.820. The predicted molar refractivity (Wildman–Crippen MR) is 67.9 cm³/mol. The van der Waals surface area contributed by atoms with Crippen molar-refractivity contribution in [2.45, 2.75) is 58.5 Å². The third kappa shape index (κ3) is 4.80. The maximum Gasteiger partial charge on any atom is 0.108 e. The first kappa shape index (κ1) is 13.2. The van der Waals surface area contributed by atoms with E-state index in [2.05, 4.69) is 13.0 Å². The van der Waals surface area contributed by atoms with Crippen molar-refractivity contribution in [1.82, 2.24) is 0 Å². The van der Waals surface area contributed by atoms with Gasteiger partial charge in [0, 0.05) is 0 Å². The van der Waals surface area contributed by atoms with Crippen LogP contribution in [0.4, 0.5) is 0 Å². The van der Waals surface area contributed by atoms with Crippen LogP contribution in [0.1, 0.15) is 56.6 Å². The Morgan fingerprint density at radius 3 is 2.19 bits per heavy atom. The van der Waals surface area contributed by atoms with Gasteiger partial charge in [0.1, 0.15) is 6.61 Å². The van der Waals surface area contributed by atoms with E-state index in [1.807, 2.05) is 18.2 Å². The summed E-state index contributed by atoms with van der Waals surface area (Å²) in [5.74, 6) is 0. The minimum absolute atomic E-state index is 0.0774. The molecule has 0 spiro atoms. The van der Waals surface area contributed by atoms with E-state index in [0.717, 1.165) is 12.0 Å². The lowest BCUT2D eigenvalue weighted by Crippen LogP contribution is -1.93. The Morgan fingerprint density at radius 2 is 1.50 bits per heavy atom. The van der Waals surface area contributed by atoms with Crippen LogP contribution in [0.15, 0.2) is 24.3 Å². The molecule has 0 aliphatic carbocycles. The molecule has 0 saturated heterocycles. The van der Waals surface area contributed by atoms with Crippen molar-refractivity contribution in [3.8, 4) is 0 Å². The van der Waals surface area contributed by atoms with Crippen molar-refractivity contribution < 1.29 is 5.11 Å². The van der Waals surface area contributed by atoms with Crippen LogP contribution in [0.2, 0.25) is 0 Å². The summed E-state index contributed by atoms with van der Waals surface area (Å²) in [4.78, 5) is 0. The maximum atomic E-state index is 10.9. The van der Waals surface area contributed by atoms with Gasteiger partial charge in [-0.2, -0.15) is 0 Å². The summed E-state index contributed by atoms with van der Waals surface area (Å²) in [6.07, 6.45) is 8.96. The molecule has 1 aromatic carbocycles. The SMILES string of the molecule is CCCCCCCCc1ccccc1C[O]. The summed E-state index contributed by atoms with van der Waals surface area (Å²) >= 11 is 0. The largest absolute Gasteiger partial charge is 0.232 e. The highest BCUT2D eigenvalue weighted by Crippen LogP contribution is 2.14. The quantitative estimate of drug-likeness (QED) is 0.573. The van der Waals surface area contributed by atoms with Gasteiger partial charge in [0.25, 0.3) is 0 Å². The van der Waals surface area contributed by atoms with E-state index < -0.39 is 0 Å². The van der Waals surface area contributed by atoms with Crippen LogP contribution in [0.25, 0.3) is 0 Å². The molecule has 1 rings (SSSR count). The summed E-state index contributed by atoms with van der Waals surface area (Å²) in [5, 5.41) is 10.9. The Kier molecular flexibility index (Phi) is 6.91. The van der Waals surface area contributed by atoms with Crippen molar-refractivity contribution in [2.24, 2.45) is 0 Å². The molecule has 0 saturated carbocycles. The standard InChI is InChI=1S/C15H23O/c1-2-3-4-5-6-7-10-14-11-8-9-12-15(14)13-16/h8-9,11-12H,2-7,10,13H2,1H3. The van der Waals surface area contributed by atoms with Gasteiger partial charge in [0.2, 0.25) is 0 Å². The number of aryl methyl sites for hydroxylation is 1. The molecule has 0 unspecified atom stereocenters. The molecular formula is C15H23O. The third-order valence-electron chi connectivity index (χ3n) is 3.07. The maximum absolute atomic E-state index is 10.9. The van der Waals surface area contributed by atoms with Crippen molar-refractivity contribution in [3.63, 3.8) is 0 Å². The fourth-order valence-corrected chi connectivity index (χ4v) is 2.04. The molecule has 1 nitrogen and oxygen atoms in total. The van der Waals surface area contributed by atoms with Gasteiger partial charge >= 0.3 is 0 Å². The van der Waals surface area contributed by atoms with E-state index in [9.17, 15) is 5.11 Å². The molecule has 0 atom stereocenters. The van der Waals surface area contributed by atoms with E-state index in [1.165, 1.54) is 44.1 Å². The van der Waals surface area contributed by atoms with Gasteiger partial charge in [-0.25, -0.2) is 5.11 Å². The molecule has 0 aliphatic rings. The van der Waals surface area contributed by atoms with Crippen LogP contribution in [0, 0.1) is 0 Å². The van der Waals surface area contributed by atoms with Crippen LogP contribution >= 0.6 is 0 Å². The van der Waals surface area contributed by atoms with Gasteiger partial charge < -0.3 is 0 Å². The number of hydrogen-bond donors (Lipinski definition) is 0. The summed E-state index contributed by atoms with van der Waals surface area (Å²) in [6, 6.07) is 8.04. The van der Waals surface area contributed by atoms with Gasteiger partial charge in [-0.05, 0) is 24.0 Å². The zero-order valence-corrected chi connectivity index (χ0v) is 10.4. The lowest BCUT2D eigenvalue weighted by atomic mass is 10.0. The Balaban J connectivity index is 2.21. The summed E-state index contributed by atoms with van der Waals surface area (Å²) < 4.78 is 0. The van der Waals surface area contributed by atoms with Crippen molar-refractivity contribution in [3.05, 3.63) is 35.4 Å². The molecule has 0 amide bonds. The van der Waals surface area contributed by atoms with E-state index in [-0.39, 0.29) is 6.61 Å². The molecule has 0 fully saturated rings. The van der Waals surface area contributed by atoms with E-state index >= 15 is 0 Å². The van der Waals surface area contributed by atoms with Gasteiger partial charge in [0.15, 0.2) is 0 Å². The van der Waals surface area contributed by atoms with Crippen molar-refractivity contribution in [2.75, 3.05) is 0 Å². The van der Waals surface area contributed by atoms with Crippen LogP contribution in [-0.4, -0.2) is 0 Å². The fraction of sp³-hybridized carbons (Fsp3) is 0.600. The molecular weight excluding hydrogens is 196 g/mol. The third-order valence-corrected chi connectivity index (χ3v) is 3.07. The highest BCUT2D eigenvalue weighted by Gasteiger charge is 2.00. The second kappa shape index (κ2) is 8.35. The normalized spacial score (nSPS) is 10.6. The molecule has 1 radical (unpaired) electrons. The smallest absolute Gasteiger partial charge is 0.108 e. The minimum Gasteiger partial charge on any atom is -0.232 e. The molecule has 0 N–H and O–H groups in total. The van der Waals surface area contributed by atoms with Crippen LogP contribution in [-0.2, 0) is 18.1 Å². The number of hydrogen-bond acceptors (Lipinski definition) is 0. The van der Waals surface area contributed by atoms with Crippen molar-refractivity contribution in [1.29, 1.82) is 0 Å². The number of rotatable bonds is 8. The highest BCUT2D eigenvalue weighted by atomic mass is 16.3. The molecule has 89 valence electrons. The molecule has 1 aromatic rings. The lowest BCUT2D eigenvalue weighted by molar-refractivity contribution is 0.176. The molecule has 0 bridgehead atoms. The van der Waals surface area contributed by atoms with Gasteiger partial charge in [0.05, 0.1) is 0 Å². The zero-order valence-electron chi connectivity index (χ0n) is 10.4. The second-order valence-corrected chi connectivity index (χ2v) is 4.43. The first-order valence-corrected chi connectivity index (χ1v) is 6.53. The Labute approximate surface area is 99.5 Å². The monoisotopic (exact) mass is 219 g/mol. The molecule has 16 heavy (non-hydrogen) atoms. The summed E-state index contributed by atoms with van der Waals surface area (Å²) in [7, 11) is 0. The van der Waals surface area contributed by atoms with E-state index in [4.69, 9.17) is 0 Å². The lowest BCUT2D eigenvalue weighted by Gasteiger charge is -2.06. The Bertz CT molecular complexity index is 281. The highest BCUT2D eigenvalue weighted by molar-refractivity contribution is 5.26. The minimum atomic E-state index is -0.0774. The van der Waals surface area contributed by atoms with Gasteiger partial charge in [-0.3, -0.25) is 0 Å². The first-order valence-electron chi connectivity index (χ1n) is 6.53. The van der Waals surface area contributed by atoms with E-state index in [1.54, 1.807) is 0 Å². The van der Waals surface area contributed by atoms with Crippen molar-refractivity contribution >= 4 is 0 Å². The van der Waals surface area contributed by atoms with Crippen LogP contribution in [0.5, 0.6) is 0 Å². The zero-order chi connectivity index (χ0) is 11.6. The number of benzene rings is 1. The topological polar surface area (TPSA) is 19.9 Å². The molecule has 0 heterocycles. The number of unbranched alkanes of at least 4 members (excludes halogenated alkanes) is 5. The predicted octanol–water partition coefficient (Wildman–Crippen LogP) is 4.52.